The van der Waals surface area contributed by atoms with Gasteiger partial charge in [-0.2, -0.15) is 0 Å². The molecule has 2 fully saturated rings. The monoisotopic (exact) mass is 466 g/mol. The minimum absolute atomic E-state index is 0.271. The molecule has 2 aliphatic heterocycles. The molecular formula is C23H30O10. The van der Waals surface area contributed by atoms with E-state index < -0.39 is 54.7 Å². The van der Waals surface area contributed by atoms with Gasteiger partial charge in [-0.25, -0.2) is 9.59 Å². The molecule has 10 nitrogen and oxygen atoms in total. The molecule has 3 aliphatic rings. The van der Waals surface area contributed by atoms with Gasteiger partial charge in [0.05, 0.1) is 0 Å². The molecule has 0 bridgehead atoms. The average Bonchev–Trinajstić information content (AvgIpc) is 3.02. The highest BCUT2D eigenvalue weighted by atomic mass is 16.7. The Kier molecular flexibility index (Phi) is 8.06. The first-order valence-corrected chi connectivity index (χ1v) is 10.9. The van der Waals surface area contributed by atoms with E-state index >= 15 is 0 Å². The fourth-order valence-corrected chi connectivity index (χ4v) is 4.09. The van der Waals surface area contributed by atoms with Crippen LogP contribution in [0.5, 0.6) is 0 Å². The van der Waals surface area contributed by atoms with Gasteiger partial charge in [0.1, 0.15) is 37.1 Å². The van der Waals surface area contributed by atoms with Crippen molar-refractivity contribution in [2.75, 3.05) is 6.61 Å². The predicted octanol–water partition coefficient (Wildman–Crippen LogP) is 0.445. The Morgan fingerprint density at radius 2 is 1.91 bits per heavy atom. The van der Waals surface area contributed by atoms with Crippen molar-refractivity contribution >= 4 is 17.9 Å². The number of rotatable bonds is 4. The SMILES string of the molecule is C=C1C(=O)O[C@@H]2/C=C(\C)CC/C=C(\C(=O)O[C@@H]3O[C@H](COC(C)=O)[C@@H](O)[C@H](O)[C@H]3O)CC[C@@H]12. The van der Waals surface area contributed by atoms with Gasteiger partial charge in [-0.3, -0.25) is 4.79 Å². The third kappa shape index (κ3) is 5.89. The van der Waals surface area contributed by atoms with E-state index in [1.54, 1.807) is 6.08 Å². The van der Waals surface area contributed by atoms with Crippen LogP contribution >= 0.6 is 0 Å². The first-order chi connectivity index (χ1) is 15.6. The van der Waals surface area contributed by atoms with E-state index in [1.807, 2.05) is 13.0 Å². The maximum Gasteiger partial charge on any atom is 0.336 e. The zero-order chi connectivity index (χ0) is 24.3. The van der Waals surface area contributed by atoms with Gasteiger partial charge in [0.15, 0.2) is 0 Å². The number of aliphatic hydroxyl groups is 3. The van der Waals surface area contributed by atoms with Gasteiger partial charge in [0.2, 0.25) is 6.29 Å². The lowest BCUT2D eigenvalue weighted by Crippen LogP contribution is -2.59. The lowest BCUT2D eigenvalue weighted by atomic mass is 9.88. The van der Waals surface area contributed by atoms with E-state index in [-0.39, 0.29) is 18.9 Å². The molecule has 0 spiro atoms. The number of fused-ring (bicyclic) bond motifs is 1. The fraction of sp³-hybridized carbons (Fsp3) is 0.609. The summed E-state index contributed by atoms with van der Waals surface area (Å²) >= 11 is 0. The Labute approximate surface area is 191 Å². The number of esters is 3. The largest absolute Gasteiger partial charge is 0.463 e. The van der Waals surface area contributed by atoms with Crippen LogP contribution in [-0.2, 0) is 33.3 Å². The molecule has 0 saturated carbocycles. The number of ether oxygens (including phenoxy) is 4. The van der Waals surface area contributed by atoms with E-state index in [4.69, 9.17) is 18.9 Å². The molecule has 3 N–H and O–H groups in total. The summed E-state index contributed by atoms with van der Waals surface area (Å²) in [6.07, 6.45) is -2.58. The van der Waals surface area contributed by atoms with Crippen LogP contribution in [0.4, 0.5) is 0 Å². The molecule has 0 aromatic carbocycles. The van der Waals surface area contributed by atoms with Crippen LogP contribution in [0.3, 0.4) is 0 Å². The minimum Gasteiger partial charge on any atom is -0.463 e. The number of hydrogen-bond donors (Lipinski definition) is 3. The summed E-state index contributed by atoms with van der Waals surface area (Å²) in [6, 6.07) is 0. The molecule has 33 heavy (non-hydrogen) atoms. The summed E-state index contributed by atoms with van der Waals surface area (Å²) in [5.74, 6) is -2.11. The molecule has 0 amide bonds. The number of hydrogen-bond acceptors (Lipinski definition) is 10. The second-order valence-electron chi connectivity index (χ2n) is 8.54. The third-order valence-corrected chi connectivity index (χ3v) is 6.06. The molecule has 3 rings (SSSR count). The lowest BCUT2D eigenvalue weighted by molar-refractivity contribution is -0.292. The molecule has 182 valence electrons. The highest BCUT2D eigenvalue weighted by Crippen LogP contribution is 2.34. The van der Waals surface area contributed by atoms with Crippen LogP contribution in [0.15, 0.2) is 35.5 Å². The van der Waals surface area contributed by atoms with Crippen LogP contribution < -0.4 is 0 Å². The van der Waals surface area contributed by atoms with Gasteiger partial charge < -0.3 is 34.3 Å². The van der Waals surface area contributed by atoms with Crippen molar-refractivity contribution in [3.8, 4) is 0 Å². The van der Waals surface area contributed by atoms with Gasteiger partial charge in [0.25, 0.3) is 0 Å². The van der Waals surface area contributed by atoms with E-state index in [0.29, 0.717) is 30.4 Å². The van der Waals surface area contributed by atoms with Crippen molar-refractivity contribution in [2.24, 2.45) is 5.92 Å². The topological polar surface area (TPSA) is 149 Å². The molecule has 0 unspecified atom stereocenters. The molecule has 0 aromatic heterocycles. The highest BCUT2D eigenvalue weighted by Gasteiger charge is 2.46. The molecule has 2 heterocycles. The highest BCUT2D eigenvalue weighted by molar-refractivity contribution is 5.91. The molecular weight excluding hydrogens is 436 g/mol. The molecule has 0 aromatic rings. The van der Waals surface area contributed by atoms with Crippen molar-refractivity contribution in [2.45, 2.75) is 76.3 Å². The van der Waals surface area contributed by atoms with Crippen molar-refractivity contribution in [1.29, 1.82) is 0 Å². The van der Waals surface area contributed by atoms with Gasteiger partial charge in [0, 0.05) is 24.0 Å². The number of carbonyl (C=O) groups excluding carboxylic acids is 3. The van der Waals surface area contributed by atoms with Crippen molar-refractivity contribution in [3.05, 3.63) is 35.5 Å². The Hall–Kier alpha value is -2.53. The van der Waals surface area contributed by atoms with Crippen LogP contribution in [-0.4, -0.2) is 76.6 Å². The smallest absolute Gasteiger partial charge is 0.336 e. The summed E-state index contributed by atoms with van der Waals surface area (Å²) in [5.41, 5.74) is 1.69. The lowest BCUT2D eigenvalue weighted by Gasteiger charge is -2.39. The summed E-state index contributed by atoms with van der Waals surface area (Å²) in [6.45, 7) is 6.52. The predicted molar refractivity (Wildman–Crippen MR) is 112 cm³/mol. The van der Waals surface area contributed by atoms with Gasteiger partial charge in [-0.1, -0.05) is 18.2 Å². The first-order valence-electron chi connectivity index (χ1n) is 10.9. The quantitative estimate of drug-likeness (QED) is 0.231. The Morgan fingerprint density at radius 1 is 1.18 bits per heavy atom. The molecule has 7 atom stereocenters. The van der Waals surface area contributed by atoms with Crippen LogP contribution in [0.25, 0.3) is 0 Å². The average molecular weight is 466 g/mol. The molecule has 2 saturated heterocycles. The minimum atomic E-state index is -1.70. The zero-order valence-electron chi connectivity index (χ0n) is 18.6. The van der Waals surface area contributed by atoms with Crippen LogP contribution in [0.1, 0.15) is 39.5 Å². The van der Waals surface area contributed by atoms with E-state index in [0.717, 1.165) is 5.57 Å². The second-order valence-corrected chi connectivity index (χ2v) is 8.54. The summed E-state index contributed by atoms with van der Waals surface area (Å²) in [7, 11) is 0. The maximum atomic E-state index is 12.9. The van der Waals surface area contributed by atoms with Crippen molar-refractivity contribution < 1.29 is 48.7 Å². The zero-order valence-corrected chi connectivity index (χ0v) is 18.6. The Balaban J connectivity index is 1.71. The first kappa shape index (κ1) is 25.1. The van der Waals surface area contributed by atoms with Gasteiger partial charge in [-0.15, -0.1) is 0 Å². The van der Waals surface area contributed by atoms with E-state index in [9.17, 15) is 29.7 Å². The maximum absolute atomic E-state index is 12.9. The van der Waals surface area contributed by atoms with Crippen LogP contribution in [0.2, 0.25) is 0 Å². The Morgan fingerprint density at radius 3 is 2.61 bits per heavy atom. The van der Waals surface area contributed by atoms with Gasteiger partial charge in [-0.05, 0) is 38.7 Å². The molecule has 0 radical (unpaired) electrons. The molecule has 1 aliphatic carbocycles. The number of allylic oxidation sites excluding steroid dienone is 2. The second kappa shape index (κ2) is 10.6. The van der Waals surface area contributed by atoms with E-state index in [1.165, 1.54) is 6.92 Å². The van der Waals surface area contributed by atoms with Gasteiger partial charge >= 0.3 is 17.9 Å². The number of carbonyl (C=O) groups is 3. The third-order valence-electron chi connectivity index (χ3n) is 6.06. The standard InChI is InChI=1S/C23H30O10/c1-11-5-4-6-14(7-8-15-12(2)21(28)31-16(15)9-11)22(29)33-23-20(27)19(26)18(25)17(32-23)10-30-13(3)24/h6,9,15-20,23,25-27H,2,4-5,7-8,10H2,1,3H3/b11-9+,14-6-/t15-,16+,17+,18+,19-,20+,23-/m0/s1. The van der Waals surface area contributed by atoms with Crippen LogP contribution in [0, 0.1) is 5.92 Å². The normalized spacial score (nSPS) is 38.2. The summed E-state index contributed by atoms with van der Waals surface area (Å²) in [5, 5.41) is 30.4. The van der Waals surface area contributed by atoms with E-state index in [2.05, 4.69) is 6.58 Å². The Bertz CT molecular complexity index is 859. The molecule has 10 heteroatoms. The number of aliphatic hydroxyl groups excluding tert-OH is 3. The van der Waals surface area contributed by atoms with Crippen molar-refractivity contribution in [3.63, 3.8) is 0 Å². The summed E-state index contributed by atoms with van der Waals surface area (Å²) < 4.78 is 20.9. The fourth-order valence-electron chi connectivity index (χ4n) is 4.09. The van der Waals surface area contributed by atoms with Crippen molar-refractivity contribution in [1.82, 2.24) is 0 Å². The summed E-state index contributed by atoms with van der Waals surface area (Å²) in [4.78, 5) is 35.9.